The average Bonchev–Trinajstić information content (AvgIpc) is 3.18. The molecule has 1 saturated carbocycles. The number of aromatic nitrogens is 2. The predicted octanol–water partition coefficient (Wildman–Crippen LogP) is 2.00. The maximum absolute atomic E-state index is 11.1. The topological polar surface area (TPSA) is 88.2 Å². The summed E-state index contributed by atoms with van der Waals surface area (Å²) in [5.41, 5.74) is 1.99. The molecule has 0 radical (unpaired) electrons. The molecule has 6 nitrogen and oxygen atoms in total. The van der Waals surface area contributed by atoms with Crippen LogP contribution in [0.4, 0.5) is 0 Å². The van der Waals surface area contributed by atoms with Gasteiger partial charge in [0.2, 0.25) is 11.7 Å². The maximum atomic E-state index is 11.1. The largest absolute Gasteiger partial charge is 0.480 e. The molecule has 0 aliphatic heterocycles. The molecule has 1 atom stereocenters. The molecule has 6 heteroatoms. The zero-order chi connectivity index (χ0) is 14.8. The van der Waals surface area contributed by atoms with Crippen LogP contribution in [0.1, 0.15) is 24.3 Å². The Morgan fingerprint density at radius 3 is 2.90 bits per heavy atom. The van der Waals surface area contributed by atoms with Crippen LogP contribution in [-0.2, 0) is 11.3 Å². The zero-order valence-electron chi connectivity index (χ0n) is 11.7. The molecule has 1 unspecified atom stereocenters. The van der Waals surface area contributed by atoms with E-state index in [1.54, 1.807) is 0 Å². The molecule has 3 rings (SSSR count). The second-order valence-electron chi connectivity index (χ2n) is 5.36. The Bertz CT molecular complexity index is 649. The lowest BCUT2D eigenvalue weighted by Gasteiger charge is -2.10. The normalized spacial score (nSPS) is 15.9. The SMILES string of the molecule is Cc1ccccc1-c1noc(CNC(C(=O)O)C2CC2)n1. The molecule has 0 spiro atoms. The van der Waals surface area contributed by atoms with Crippen molar-refractivity contribution in [2.45, 2.75) is 32.4 Å². The second-order valence-corrected chi connectivity index (χ2v) is 5.36. The molecule has 1 aliphatic rings. The molecule has 1 aromatic carbocycles. The molecule has 2 N–H and O–H groups in total. The highest BCUT2D eigenvalue weighted by atomic mass is 16.5. The van der Waals surface area contributed by atoms with Crippen molar-refractivity contribution in [2.24, 2.45) is 5.92 Å². The summed E-state index contributed by atoms with van der Waals surface area (Å²) >= 11 is 0. The summed E-state index contributed by atoms with van der Waals surface area (Å²) in [6.45, 7) is 2.25. The van der Waals surface area contributed by atoms with Crippen molar-refractivity contribution < 1.29 is 14.4 Å². The van der Waals surface area contributed by atoms with Crippen molar-refractivity contribution in [3.8, 4) is 11.4 Å². The van der Waals surface area contributed by atoms with Gasteiger partial charge in [-0.3, -0.25) is 10.1 Å². The van der Waals surface area contributed by atoms with Gasteiger partial charge in [0.05, 0.1) is 6.54 Å². The first kappa shape index (κ1) is 13.8. The minimum absolute atomic E-state index is 0.223. The summed E-state index contributed by atoms with van der Waals surface area (Å²) in [6.07, 6.45) is 1.92. The number of carbonyl (C=O) groups is 1. The van der Waals surface area contributed by atoms with E-state index in [1.807, 2.05) is 31.2 Å². The Kier molecular flexibility index (Phi) is 3.70. The predicted molar refractivity (Wildman–Crippen MR) is 75.5 cm³/mol. The van der Waals surface area contributed by atoms with Crippen LogP contribution < -0.4 is 5.32 Å². The number of hydrogen-bond donors (Lipinski definition) is 2. The molecule has 1 aromatic heterocycles. The lowest BCUT2D eigenvalue weighted by atomic mass is 10.1. The fourth-order valence-electron chi connectivity index (χ4n) is 2.34. The number of benzene rings is 1. The van der Waals surface area contributed by atoms with Crippen molar-refractivity contribution >= 4 is 5.97 Å². The molecule has 1 fully saturated rings. The summed E-state index contributed by atoms with van der Waals surface area (Å²) < 4.78 is 5.19. The molecular weight excluding hydrogens is 270 g/mol. The van der Waals surface area contributed by atoms with Crippen LogP contribution in [0.2, 0.25) is 0 Å². The number of carboxylic acids is 1. The highest BCUT2D eigenvalue weighted by Gasteiger charge is 2.36. The van der Waals surface area contributed by atoms with Gasteiger partial charge in [0, 0.05) is 5.56 Å². The Balaban J connectivity index is 1.68. The number of aryl methyl sites for hydroxylation is 1. The van der Waals surface area contributed by atoms with Gasteiger partial charge in [-0.15, -0.1) is 0 Å². The van der Waals surface area contributed by atoms with E-state index in [2.05, 4.69) is 15.5 Å². The minimum atomic E-state index is -0.823. The van der Waals surface area contributed by atoms with Gasteiger partial charge >= 0.3 is 5.97 Å². The Morgan fingerprint density at radius 2 is 2.24 bits per heavy atom. The highest BCUT2D eigenvalue weighted by molar-refractivity contribution is 5.74. The van der Waals surface area contributed by atoms with Gasteiger partial charge in [-0.25, -0.2) is 0 Å². The van der Waals surface area contributed by atoms with Crippen LogP contribution in [0.25, 0.3) is 11.4 Å². The van der Waals surface area contributed by atoms with Crippen molar-refractivity contribution in [1.82, 2.24) is 15.5 Å². The van der Waals surface area contributed by atoms with Crippen LogP contribution in [-0.4, -0.2) is 27.3 Å². The number of nitrogens with zero attached hydrogens (tertiary/aromatic N) is 2. The van der Waals surface area contributed by atoms with E-state index >= 15 is 0 Å². The summed E-state index contributed by atoms with van der Waals surface area (Å²) in [6, 6.07) is 7.26. The van der Waals surface area contributed by atoms with E-state index in [0.717, 1.165) is 24.0 Å². The van der Waals surface area contributed by atoms with Gasteiger partial charge in [0.1, 0.15) is 6.04 Å². The third-order valence-electron chi connectivity index (χ3n) is 3.69. The van der Waals surface area contributed by atoms with E-state index in [1.165, 1.54) is 0 Å². The molecule has 0 bridgehead atoms. The molecule has 21 heavy (non-hydrogen) atoms. The maximum Gasteiger partial charge on any atom is 0.320 e. The highest BCUT2D eigenvalue weighted by Crippen LogP contribution is 2.32. The molecular formula is C15H17N3O3. The van der Waals surface area contributed by atoms with Crippen LogP contribution in [0.5, 0.6) is 0 Å². The van der Waals surface area contributed by atoms with Crippen LogP contribution in [0.15, 0.2) is 28.8 Å². The molecule has 1 aliphatic carbocycles. The number of hydrogen-bond acceptors (Lipinski definition) is 5. The van der Waals surface area contributed by atoms with Crippen LogP contribution in [0, 0.1) is 12.8 Å². The third kappa shape index (κ3) is 3.11. The number of aliphatic carboxylic acids is 1. The number of nitrogens with one attached hydrogen (secondary N) is 1. The Morgan fingerprint density at radius 1 is 1.48 bits per heavy atom. The van der Waals surface area contributed by atoms with Crippen molar-refractivity contribution in [1.29, 1.82) is 0 Å². The molecule has 1 heterocycles. The first-order valence-electron chi connectivity index (χ1n) is 7.00. The lowest BCUT2D eigenvalue weighted by molar-refractivity contribution is -0.140. The lowest BCUT2D eigenvalue weighted by Crippen LogP contribution is -2.38. The first-order chi connectivity index (χ1) is 10.1. The third-order valence-corrected chi connectivity index (χ3v) is 3.69. The van der Waals surface area contributed by atoms with Gasteiger partial charge in [0.25, 0.3) is 0 Å². The fourth-order valence-corrected chi connectivity index (χ4v) is 2.34. The van der Waals surface area contributed by atoms with Gasteiger partial charge in [-0.05, 0) is 31.2 Å². The quantitative estimate of drug-likeness (QED) is 0.844. The zero-order valence-corrected chi connectivity index (χ0v) is 11.7. The Labute approximate surface area is 122 Å². The van der Waals surface area contributed by atoms with Gasteiger partial charge in [0.15, 0.2) is 0 Å². The number of rotatable bonds is 6. The molecule has 110 valence electrons. The van der Waals surface area contributed by atoms with Crippen molar-refractivity contribution in [3.05, 3.63) is 35.7 Å². The smallest absolute Gasteiger partial charge is 0.320 e. The van der Waals surface area contributed by atoms with E-state index in [0.29, 0.717) is 11.7 Å². The van der Waals surface area contributed by atoms with E-state index in [-0.39, 0.29) is 12.5 Å². The molecule has 0 amide bonds. The Hall–Kier alpha value is -2.21. The van der Waals surface area contributed by atoms with Crippen molar-refractivity contribution in [2.75, 3.05) is 0 Å². The van der Waals surface area contributed by atoms with E-state index in [4.69, 9.17) is 9.63 Å². The summed E-state index contributed by atoms with van der Waals surface area (Å²) in [5.74, 6) is 0.334. The summed E-state index contributed by atoms with van der Waals surface area (Å²) in [4.78, 5) is 15.5. The second kappa shape index (κ2) is 5.65. The first-order valence-corrected chi connectivity index (χ1v) is 7.00. The van der Waals surface area contributed by atoms with E-state index < -0.39 is 12.0 Å². The molecule has 0 saturated heterocycles. The van der Waals surface area contributed by atoms with E-state index in [9.17, 15) is 4.79 Å². The van der Waals surface area contributed by atoms with Crippen LogP contribution >= 0.6 is 0 Å². The summed E-state index contributed by atoms with van der Waals surface area (Å²) in [7, 11) is 0. The standard InChI is InChI=1S/C15H17N3O3/c1-9-4-2-3-5-11(9)14-17-12(21-18-14)8-16-13(15(19)20)10-6-7-10/h2-5,10,13,16H,6-8H2,1H3,(H,19,20). The van der Waals surface area contributed by atoms with Crippen molar-refractivity contribution in [3.63, 3.8) is 0 Å². The minimum Gasteiger partial charge on any atom is -0.480 e. The van der Waals surface area contributed by atoms with Gasteiger partial charge < -0.3 is 9.63 Å². The molecule has 2 aromatic rings. The number of carboxylic acid groups (broad SMARTS) is 1. The average molecular weight is 287 g/mol. The van der Waals surface area contributed by atoms with Crippen LogP contribution in [0.3, 0.4) is 0 Å². The van der Waals surface area contributed by atoms with Gasteiger partial charge in [-0.2, -0.15) is 4.98 Å². The summed E-state index contributed by atoms with van der Waals surface area (Å²) in [5, 5.41) is 16.1. The fraction of sp³-hybridized carbons (Fsp3) is 0.400. The monoisotopic (exact) mass is 287 g/mol. The van der Waals surface area contributed by atoms with Gasteiger partial charge in [-0.1, -0.05) is 29.4 Å².